The predicted octanol–water partition coefficient (Wildman–Crippen LogP) is 2.74. The highest BCUT2D eigenvalue weighted by molar-refractivity contribution is 7.71. The quantitative estimate of drug-likeness (QED) is 0.714. The fraction of sp³-hybridized carbons (Fsp3) is 0.455. The first-order chi connectivity index (χ1) is 7.57. The van der Waals surface area contributed by atoms with Gasteiger partial charge in [0.2, 0.25) is 0 Å². The van der Waals surface area contributed by atoms with Crippen molar-refractivity contribution in [1.82, 2.24) is 9.97 Å². The van der Waals surface area contributed by atoms with Crippen LogP contribution in [-0.2, 0) is 17.8 Å². The number of nitrogens with one attached hydrogen (secondary N) is 1. The van der Waals surface area contributed by atoms with Crippen molar-refractivity contribution in [3.05, 3.63) is 22.3 Å². The number of hydrogen-bond donors (Lipinski definition) is 1. The lowest BCUT2D eigenvalue weighted by atomic mass is 9.98. The van der Waals surface area contributed by atoms with Crippen LogP contribution in [0.5, 0.6) is 0 Å². The van der Waals surface area contributed by atoms with E-state index in [0.717, 1.165) is 23.3 Å². The summed E-state index contributed by atoms with van der Waals surface area (Å²) in [6.45, 7) is 4.67. The van der Waals surface area contributed by atoms with Crippen LogP contribution in [0, 0.1) is 4.64 Å². The number of nitrogens with zero attached hydrogens (tertiary/aromatic N) is 1. The SMILES string of the molecule is CC1(C)Cc2oc3c(=S)nc[nH]c3c2CO1. The van der Waals surface area contributed by atoms with Crippen LogP contribution < -0.4 is 0 Å². The number of ether oxygens (including phenoxy) is 1. The Morgan fingerprint density at radius 2 is 2.31 bits per heavy atom. The Labute approximate surface area is 97.6 Å². The molecule has 1 aliphatic rings. The van der Waals surface area contributed by atoms with Crippen LogP contribution in [0.1, 0.15) is 25.2 Å². The topological polar surface area (TPSA) is 51.0 Å². The summed E-state index contributed by atoms with van der Waals surface area (Å²) in [6, 6.07) is 0. The highest BCUT2D eigenvalue weighted by atomic mass is 32.1. The van der Waals surface area contributed by atoms with Gasteiger partial charge in [0.25, 0.3) is 0 Å². The molecule has 0 spiro atoms. The summed E-state index contributed by atoms with van der Waals surface area (Å²) in [5.41, 5.74) is 2.49. The van der Waals surface area contributed by atoms with Gasteiger partial charge in [0, 0.05) is 12.0 Å². The van der Waals surface area contributed by atoms with Gasteiger partial charge in [-0.1, -0.05) is 12.2 Å². The monoisotopic (exact) mass is 236 g/mol. The van der Waals surface area contributed by atoms with E-state index >= 15 is 0 Å². The number of furan rings is 1. The van der Waals surface area contributed by atoms with Gasteiger partial charge in [-0.25, -0.2) is 4.98 Å². The molecule has 0 aromatic carbocycles. The molecule has 16 heavy (non-hydrogen) atoms. The number of aromatic amines is 1. The standard InChI is InChI=1S/C11H12N2O2S/c1-11(2)3-7-6(4-14-11)8-9(15-7)10(16)13-5-12-8/h5H,3-4H2,1-2H3,(H,12,13,16). The molecule has 2 aromatic heterocycles. The Morgan fingerprint density at radius 3 is 3.12 bits per heavy atom. The van der Waals surface area contributed by atoms with E-state index in [1.54, 1.807) is 6.33 Å². The van der Waals surface area contributed by atoms with Crippen molar-refractivity contribution in [3.63, 3.8) is 0 Å². The maximum atomic E-state index is 5.78. The normalized spacial score (nSPS) is 18.6. The van der Waals surface area contributed by atoms with Crippen molar-refractivity contribution in [3.8, 4) is 0 Å². The van der Waals surface area contributed by atoms with E-state index in [9.17, 15) is 0 Å². The zero-order valence-corrected chi connectivity index (χ0v) is 9.98. The molecule has 0 saturated heterocycles. The molecule has 0 bridgehead atoms. The number of hydrogen-bond acceptors (Lipinski definition) is 4. The molecular weight excluding hydrogens is 224 g/mol. The Bertz CT molecular complexity index is 612. The Morgan fingerprint density at radius 1 is 1.50 bits per heavy atom. The van der Waals surface area contributed by atoms with E-state index in [1.807, 2.05) is 0 Å². The fourth-order valence-corrected chi connectivity index (χ4v) is 2.23. The molecule has 4 nitrogen and oxygen atoms in total. The summed E-state index contributed by atoms with van der Waals surface area (Å²) in [5, 5.41) is 0. The maximum Gasteiger partial charge on any atom is 0.187 e. The van der Waals surface area contributed by atoms with Crippen molar-refractivity contribution >= 4 is 23.3 Å². The smallest absolute Gasteiger partial charge is 0.187 e. The van der Waals surface area contributed by atoms with Gasteiger partial charge in [-0.05, 0) is 13.8 Å². The van der Waals surface area contributed by atoms with Crippen LogP contribution in [0.25, 0.3) is 11.1 Å². The van der Waals surface area contributed by atoms with E-state index in [2.05, 4.69) is 23.8 Å². The molecule has 0 unspecified atom stereocenters. The summed E-state index contributed by atoms with van der Waals surface area (Å²) in [4.78, 5) is 7.09. The Balaban J connectivity index is 2.28. The second-order valence-corrected chi connectivity index (χ2v) is 5.03. The summed E-state index contributed by atoms with van der Waals surface area (Å²) >= 11 is 5.13. The number of aromatic nitrogens is 2. The third-order valence-electron chi connectivity index (χ3n) is 2.87. The first-order valence-electron chi connectivity index (χ1n) is 5.19. The largest absolute Gasteiger partial charge is 0.456 e. The van der Waals surface area contributed by atoms with Gasteiger partial charge < -0.3 is 14.1 Å². The molecule has 0 amide bonds. The Hall–Kier alpha value is -1.20. The number of H-pyrrole nitrogens is 1. The molecule has 5 heteroatoms. The van der Waals surface area contributed by atoms with Gasteiger partial charge in [-0.3, -0.25) is 0 Å². The van der Waals surface area contributed by atoms with Gasteiger partial charge in [-0.15, -0.1) is 0 Å². The first-order valence-corrected chi connectivity index (χ1v) is 5.59. The van der Waals surface area contributed by atoms with Gasteiger partial charge in [-0.2, -0.15) is 0 Å². The molecular formula is C11H12N2O2S. The minimum Gasteiger partial charge on any atom is -0.456 e. The number of fused-ring (bicyclic) bond motifs is 3. The molecule has 0 fully saturated rings. The molecule has 1 N–H and O–H groups in total. The lowest BCUT2D eigenvalue weighted by Gasteiger charge is -2.28. The summed E-state index contributed by atoms with van der Waals surface area (Å²) in [5.74, 6) is 0.960. The molecule has 0 saturated carbocycles. The zero-order valence-electron chi connectivity index (χ0n) is 9.16. The van der Waals surface area contributed by atoms with E-state index in [-0.39, 0.29) is 5.60 Å². The van der Waals surface area contributed by atoms with Crippen molar-refractivity contribution in [2.45, 2.75) is 32.5 Å². The minimum absolute atomic E-state index is 0.171. The zero-order chi connectivity index (χ0) is 11.3. The van der Waals surface area contributed by atoms with Crippen LogP contribution in [0.2, 0.25) is 0 Å². The molecule has 2 aromatic rings. The van der Waals surface area contributed by atoms with Crippen LogP contribution in [0.15, 0.2) is 10.7 Å². The average molecular weight is 236 g/mol. The third kappa shape index (κ3) is 1.39. The predicted molar refractivity (Wildman–Crippen MR) is 61.8 cm³/mol. The summed E-state index contributed by atoms with van der Waals surface area (Å²) in [7, 11) is 0. The minimum atomic E-state index is -0.171. The van der Waals surface area contributed by atoms with Gasteiger partial charge in [0.15, 0.2) is 10.2 Å². The van der Waals surface area contributed by atoms with E-state index in [1.165, 1.54) is 0 Å². The summed E-state index contributed by atoms with van der Waals surface area (Å²) < 4.78 is 12.0. The van der Waals surface area contributed by atoms with Crippen molar-refractivity contribution < 1.29 is 9.15 Å². The molecule has 84 valence electrons. The van der Waals surface area contributed by atoms with Gasteiger partial charge >= 0.3 is 0 Å². The fourth-order valence-electron chi connectivity index (χ4n) is 2.03. The van der Waals surface area contributed by atoms with Crippen molar-refractivity contribution in [2.24, 2.45) is 0 Å². The van der Waals surface area contributed by atoms with Gasteiger partial charge in [0.05, 0.1) is 24.1 Å². The molecule has 1 aliphatic heterocycles. The van der Waals surface area contributed by atoms with Crippen LogP contribution in [0.4, 0.5) is 0 Å². The Kier molecular flexibility index (Phi) is 1.96. The first kappa shape index (κ1) is 9.99. The van der Waals surface area contributed by atoms with E-state index < -0.39 is 0 Å². The second-order valence-electron chi connectivity index (χ2n) is 4.64. The molecule has 0 atom stereocenters. The van der Waals surface area contributed by atoms with Crippen LogP contribution >= 0.6 is 12.2 Å². The molecule has 0 aliphatic carbocycles. The summed E-state index contributed by atoms with van der Waals surface area (Å²) in [6.07, 6.45) is 2.36. The van der Waals surface area contributed by atoms with E-state index in [0.29, 0.717) is 16.8 Å². The average Bonchev–Trinajstić information content (AvgIpc) is 2.55. The third-order valence-corrected chi connectivity index (χ3v) is 3.16. The van der Waals surface area contributed by atoms with Crippen LogP contribution in [0.3, 0.4) is 0 Å². The second kappa shape index (κ2) is 3.15. The lowest BCUT2D eigenvalue weighted by molar-refractivity contribution is -0.0441. The molecule has 3 rings (SSSR count). The van der Waals surface area contributed by atoms with Crippen molar-refractivity contribution in [2.75, 3.05) is 0 Å². The van der Waals surface area contributed by atoms with E-state index in [4.69, 9.17) is 21.4 Å². The maximum absolute atomic E-state index is 5.78. The van der Waals surface area contributed by atoms with Crippen molar-refractivity contribution in [1.29, 1.82) is 0 Å². The van der Waals surface area contributed by atoms with Crippen LogP contribution in [-0.4, -0.2) is 15.6 Å². The molecule has 0 radical (unpaired) electrons. The highest BCUT2D eigenvalue weighted by Crippen LogP contribution is 2.33. The number of rotatable bonds is 0. The molecule has 3 heterocycles. The van der Waals surface area contributed by atoms with Gasteiger partial charge in [0.1, 0.15) is 5.76 Å². The highest BCUT2D eigenvalue weighted by Gasteiger charge is 2.30. The lowest BCUT2D eigenvalue weighted by Crippen LogP contribution is -2.31.